The fourth-order valence-electron chi connectivity index (χ4n) is 0.324. The Labute approximate surface area is 69.5 Å². The molecule has 4 N–H and O–H groups in total. The van der Waals surface area contributed by atoms with E-state index < -0.39 is 24.5 Å². The van der Waals surface area contributed by atoms with Crippen molar-refractivity contribution in [3.8, 4) is 0 Å². The molecule has 0 aliphatic rings. The number of esters is 1. The highest BCUT2D eigenvalue weighted by atomic mass is 32.1. The standard InChI is InChI=1S/C5H10N2O3S/c6-3(2-11)5(9)10-1-4(7)8/h3,11H,1-2,6H2,(H2,7,8)/t3-/m0/s1. The number of carbonyl (C=O) groups excluding carboxylic acids is 2. The van der Waals surface area contributed by atoms with Crippen molar-refractivity contribution >= 4 is 24.5 Å². The molecule has 1 amide bonds. The van der Waals surface area contributed by atoms with Crippen LogP contribution in [0.3, 0.4) is 0 Å². The van der Waals surface area contributed by atoms with E-state index in [-0.39, 0.29) is 5.75 Å². The highest BCUT2D eigenvalue weighted by molar-refractivity contribution is 7.80. The number of primary amides is 1. The van der Waals surface area contributed by atoms with Crippen LogP contribution >= 0.6 is 12.6 Å². The summed E-state index contributed by atoms with van der Waals surface area (Å²) in [5, 5.41) is 0. The van der Waals surface area contributed by atoms with Crippen LogP contribution in [0.25, 0.3) is 0 Å². The maximum atomic E-state index is 10.7. The Hall–Kier alpha value is -0.750. The minimum Gasteiger partial charge on any atom is -0.454 e. The van der Waals surface area contributed by atoms with Crippen LogP contribution in [0.2, 0.25) is 0 Å². The molecule has 0 fully saturated rings. The zero-order chi connectivity index (χ0) is 8.85. The predicted octanol–water partition coefficient (Wildman–Crippen LogP) is -1.73. The third-order valence-corrected chi connectivity index (χ3v) is 1.25. The van der Waals surface area contributed by atoms with Crippen LogP contribution in [0.15, 0.2) is 0 Å². The average Bonchev–Trinajstić information content (AvgIpc) is 1.98. The summed E-state index contributed by atoms with van der Waals surface area (Å²) in [7, 11) is 0. The minimum absolute atomic E-state index is 0.178. The first-order valence-corrected chi connectivity index (χ1v) is 3.52. The van der Waals surface area contributed by atoms with Crippen LogP contribution in [0.5, 0.6) is 0 Å². The summed E-state index contributed by atoms with van der Waals surface area (Å²) >= 11 is 3.76. The molecule has 0 spiro atoms. The lowest BCUT2D eigenvalue weighted by molar-refractivity contribution is -0.148. The molecular weight excluding hydrogens is 168 g/mol. The van der Waals surface area contributed by atoms with Crippen molar-refractivity contribution in [3.05, 3.63) is 0 Å². The zero-order valence-electron chi connectivity index (χ0n) is 5.82. The fourth-order valence-corrected chi connectivity index (χ4v) is 0.473. The number of rotatable bonds is 4. The smallest absolute Gasteiger partial charge is 0.324 e. The van der Waals surface area contributed by atoms with Crippen molar-refractivity contribution < 1.29 is 14.3 Å². The van der Waals surface area contributed by atoms with Gasteiger partial charge in [0.15, 0.2) is 6.61 Å². The van der Waals surface area contributed by atoms with Gasteiger partial charge >= 0.3 is 5.97 Å². The van der Waals surface area contributed by atoms with Gasteiger partial charge in [-0.15, -0.1) is 0 Å². The van der Waals surface area contributed by atoms with Gasteiger partial charge < -0.3 is 16.2 Å². The predicted molar refractivity (Wildman–Crippen MR) is 42.0 cm³/mol. The largest absolute Gasteiger partial charge is 0.454 e. The highest BCUT2D eigenvalue weighted by Gasteiger charge is 2.13. The molecule has 0 heterocycles. The topological polar surface area (TPSA) is 95.4 Å². The van der Waals surface area contributed by atoms with Crippen LogP contribution < -0.4 is 11.5 Å². The molecule has 64 valence electrons. The maximum absolute atomic E-state index is 10.7. The summed E-state index contributed by atoms with van der Waals surface area (Å²) in [6.45, 7) is -0.430. The summed E-state index contributed by atoms with van der Waals surface area (Å²) in [5.74, 6) is -1.19. The van der Waals surface area contributed by atoms with Gasteiger partial charge in [-0.2, -0.15) is 12.6 Å². The molecule has 5 nitrogen and oxygen atoms in total. The van der Waals surface area contributed by atoms with Gasteiger partial charge in [-0.1, -0.05) is 0 Å². The monoisotopic (exact) mass is 178 g/mol. The summed E-state index contributed by atoms with van der Waals surface area (Å²) in [6.07, 6.45) is 0. The first-order chi connectivity index (χ1) is 5.07. The summed E-state index contributed by atoms with van der Waals surface area (Å²) in [4.78, 5) is 20.8. The lowest BCUT2D eigenvalue weighted by Gasteiger charge is -2.06. The van der Waals surface area contributed by atoms with Gasteiger partial charge in [0.25, 0.3) is 5.91 Å². The molecule has 0 aromatic carbocycles. The van der Waals surface area contributed by atoms with Gasteiger partial charge in [-0.05, 0) is 0 Å². The number of carbonyl (C=O) groups is 2. The van der Waals surface area contributed by atoms with Gasteiger partial charge in [-0.3, -0.25) is 9.59 Å². The number of nitrogens with two attached hydrogens (primary N) is 2. The lowest BCUT2D eigenvalue weighted by Crippen LogP contribution is -2.35. The Bertz CT molecular complexity index is 162. The van der Waals surface area contributed by atoms with E-state index in [1.807, 2.05) is 0 Å². The van der Waals surface area contributed by atoms with Gasteiger partial charge in [0.05, 0.1) is 0 Å². The second-order valence-electron chi connectivity index (χ2n) is 1.86. The minimum atomic E-state index is -0.794. The Morgan fingerprint density at radius 1 is 1.55 bits per heavy atom. The van der Waals surface area contributed by atoms with Crippen molar-refractivity contribution in [2.45, 2.75) is 6.04 Å². The first-order valence-electron chi connectivity index (χ1n) is 2.89. The van der Waals surface area contributed by atoms with Crippen molar-refractivity contribution in [1.29, 1.82) is 0 Å². The van der Waals surface area contributed by atoms with E-state index in [0.29, 0.717) is 0 Å². The van der Waals surface area contributed by atoms with Gasteiger partial charge in [-0.25, -0.2) is 0 Å². The number of amides is 1. The molecule has 0 bridgehead atoms. The Kier molecular flexibility index (Phi) is 4.64. The quantitative estimate of drug-likeness (QED) is 0.352. The molecule has 11 heavy (non-hydrogen) atoms. The molecule has 0 aromatic heterocycles. The molecule has 0 saturated heterocycles. The number of ether oxygens (including phenoxy) is 1. The summed E-state index contributed by atoms with van der Waals surface area (Å²) < 4.78 is 4.37. The lowest BCUT2D eigenvalue weighted by atomic mass is 10.4. The molecule has 0 radical (unpaired) electrons. The van der Waals surface area contributed by atoms with E-state index in [1.165, 1.54) is 0 Å². The van der Waals surface area contributed by atoms with E-state index in [9.17, 15) is 9.59 Å². The Morgan fingerprint density at radius 2 is 2.09 bits per heavy atom. The molecular formula is C5H10N2O3S. The van der Waals surface area contributed by atoms with Gasteiger partial charge in [0.2, 0.25) is 0 Å². The third kappa shape index (κ3) is 4.63. The normalized spacial score (nSPS) is 12.2. The van der Waals surface area contributed by atoms with E-state index in [4.69, 9.17) is 11.5 Å². The molecule has 0 rings (SSSR count). The molecule has 0 aliphatic carbocycles. The van der Waals surface area contributed by atoms with Gasteiger partial charge in [0.1, 0.15) is 6.04 Å². The summed E-state index contributed by atoms with van der Waals surface area (Å²) in [6, 6.07) is -0.794. The zero-order valence-corrected chi connectivity index (χ0v) is 6.71. The molecule has 0 unspecified atom stereocenters. The Morgan fingerprint density at radius 3 is 2.45 bits per heavy atom. The van der Waals surface area contributed by atoms with Crippen LogP contribution in [-0.4, -0.2) is 30.3 Å². The van der Waals surface area contributed by atoms with Crippen LogP contribution in [-0.2, 0) is 14.3 Å². The summed E-state index contributed by atoms with van der Waals surface area (Å²) in [5.41, 5.74) is 9.91. The molecule has 6 heteroatoms. The molecule has 1 atom stereocenters. The van der Waals surface area contributed by atoms with Crippen molar-refractivity contribution in [3.63, 3.8) is 0 Å². The van der Waals surface area contributed by atoms with Crippen molar-refractivity contribution in [2.75, 3.05) is 12.4 Å². The number of hydrogen-bond donors (Lipinski definition) is 3. The average molecular weight is 178 g/mol. The van der Waals surface area contributed by atoms with E-state index >= 15 is 0 Å². The number of hydrogen-bond acceptors (Lipinski definition) is 5. The SMILES string of the molecule is NC(=O)COC(=O)[C@@H](N)CS. The third-order valence-electron chi connectivity index (χ3n) is 0.856. The molecule has 0 aliphatic heterocycles. The molecule has 0 saturated carbocycles. The van der Waals surface area contributed by atoms with Crippen molar-refractivity contribution in [2.24, 2.45) is 11.5 Å². The van der Waals surface area contributed by atoms with E-state index in [1.54, 1.807) is 0 Å². The van der Waals surface area contributed by atoms with E-state index in [0.717, 1.165) is 0 Å². The highest BCUT2D eigenvalue weighted by Crippen LogP contribution is 1.87. The second-order valence-corrected chi connectivity index (χ2v) is 2.23. The number of thiol groups is 1. The maximum Gasteiger partial charge on any atom is 0.324 e. The van der Waals surface area contributed by atoms with Crippen LogP contribution in [0.4, 0.5) is 0 Å². The first kappa shape index (κ1) is 10.2. The van der Waals surface area contributed by atoms with Crippen LogP contribution in [0, 0.1) is 0 Å². The second kappa shape index (κ2) is 4.97. The molecule has 0 aromatic rings. The van der Waals surface area contributed by atoms with E-state index in [2.05, 4.69) is 17.4 Å². The Balaban J connectivity index is 3.60. The van der Waals surface area contributed by atoms with Crippen LogP contribution in [0.1, 0.15) is 0 Å². The van der Waals surface area contributed by atoms with Gasteiger partial charge in [0, 0.05) is 5.75 Å². The van der Waals surface area contributed by atoms with Crippen molar-refractivity contribution in [1.82, 2.24) is 0 Å². The fraction of sp³-hybridized carbons (Fsp3) is 0.600.